The van der Waals surface area contributed by atoms with Crippen LogP contribution < -0.4 is 0 Å². The molecule has 0 bridgehead atoms. The number of carbonyl (C=O) groups excluding carboxylic acids is 1. The Morgan fingerprint density at radius 1 is 1.32 bits per heavy atom. The highest BCUT2D eigenvalue weighted by atomic mass is 32.2. The van der Waals surface area contributed by atoms with Crippen LogP contribution in [0.25, 0.3) is 0 Å². The Morgan fingerprint density at radius 2 is 1.95 bits per heavy atom. The van der Waals surface area contributed by atoms with E-state index in [2.05, 4.69) is 49.5 Å². The van der Waals surface area contributed by atoms with Crippen molar-refractivity contribution in [2.75, 3.05) is 20.2 Å². The van der Waals surface area contributed by atoms with Crippen molar-refractivity contribution in [2.45, 2.75) is 57.7 Å². The summed E-state index contributed by atoms with van der Waals surface area (Å²) in [5, 5.41) is 5.96. The van der Waals surface area contributed by atoms with Crippen molar-refractivity contribution in [1.29, 1.82) is 0 Å². The van der Waals surface area contributed by atoms with E-state index in [0.717, 1.165) is 25.3 Å². The number of nitrogens with zero attached hydrogens (tertiary/aromatic N) is 3. The zero-order valence-electron chi connectivity index (χ0n) is 14.3. The monoisotopic (exact) mass is 325 g/mol. The first-order chi connectivity index (χ1) is 10.4. The second-order valence-corrected chi connectivity index (χ2v) is 8.03. The molecule has 1 aliphatic heterocycles. The molecule has 1 aliphatic rings. The lowest BCUT2D eigenvalue weighted by Gasteiger charge is -2.34. The lowest BCUT2D eigenvalue weighted by Crippen LogP contribution is -2.39. The van der Waals surface area contributed by atoms with Gasteiger partial charge in [0.1, 0.15) is 0 Å². The number of carbonyl (C=O) groups is 1. The number of ether oxygens (including phenoxy) is 1. The summed E-state index contributed by atoms with van der Waals surface area (Å²) in [5.41, 5.74) is 3.54. The molecule has 1 fully saturated rings. The SMILES string of the molecule is COC(=O)CCn1nc(C)c(CN2C[C@@H](C)S[C@H](C)C2)c1C. The predicted molar refractivity (Wildman–Crippen MR) is 90.1 cm³/mol. The van der Waals surface area contributed by atoms with E-state index < -0.39 is 0 Å². The zero-order chi connectivity index (χ0) is 16.3. The molecule has 6 heteroatoms. The lowest BCUT2D eigenvalue weighted by atomic mass is 10.1. The number of hydrogen-bond acceptors (Lipinski definition) is 5. The molecule has 1 aromatic rings. The van der Waals surface area contributed by atoms with Crippen molar-refractivity contribution in [3.63, 3.8) is 0 Å². The maximum absolute atomic E-state index is 11.3. The molecule has 0 aromatic carbocycles. The largest absolute Gasteiger partial charge is 0.469 e. The van der Waals surface area contributed by atoms with Crippen molar-refractivity contribution < 1.29 is 9.53 Å². The van der Waals surface area contributed by atoms with Crippen molar-refractivity contribution in [1.82, 2.24) is 14.7 Å². The minimum absolute atomic E-state index is 0.190. The number of methoxy groups -OCH3 is 1. The van der Waals surface area contributed by atoms with Gasteiger partial charge in [-0.3, -0.25) is 14.4 Å². The first kappa shape index (κ1) is 17.3. The quantitative estimate of drug-likeness (QED) is 0.778. The summed E-state index contributed by atoms with van der Waals surface area (Å²) in [5.74, 6) is -0.190. The Hall–Kier alpha value is -1.01. The molecule has 0 unspecified atom stereocenters. The Labute approximate surface area is 137 Å². The molecule has 2 rings (SSSR count). The number of esters is 1. The van der Waals surface area contributed by atoms with E-state index >= 15 is 0 Å². The van der Waals surface area contributed by atoms with Gasteiger partial charge in [-0.05, 0) is 13.8 Å². The van der Waals surface area contributed by atoms with Gasteiger partial charge in [0.15, 0.2) is 0 Å². The smallest absolute Gasteiger partial charge is 0.307 e. The van der Waals surface area contributed by atoms with E-state index in [1.165, 1.54) is 18.4 Å². The van der Waals surface area contributed by atoms with Gasteiger partial charge >= 0.3 is 5.97 Å². The van der Waals surface area contributed by atoms with Gasteiger partial charge in [0, 0.05) is 41.4 Å². The van der Waals surface area contributed by atoms with Crippen molar-refractivity contribution in [3.05, 3.63) is 17.0 Å². The van der Waals surface area contributed by atoms with E-state index in [9.17, 15) is 4.79 Å². The van der Waals surface area contributed by atoms with Crippen LogP contribution in [-0.2, 0) is 22.6 Å². The molecule has 0 aliphatic carbocycles. The van der Waals surface area contributed by atoms with Crippen LogP contribution in [-0.4, -0.2) is 51.3 Å². The van der Waals surface area contributed by atoms with Crippen LogP contribution in [0.5, 0.6) is 0 Å². The number of rotatable bonds is 5. The number of thioether (sulfide) groups is 1. The lowest BCUT2D eigenvalue weighted by molar-refractivity contribution is -0.140. The summed E-state index contributed by atoms with van der Waals surface area (Å²) in [6.45, 7) is 12.5. The summed E-state index contributed by atoms with van der Waals surface area (Å²) in [6, 6.07) is 0. The van der Waals surface area contributed by atoms with Crippen molar-refractivity contribution in [3.8, 4) is 0 Å². The average Bonchev–Trinajstić information content (AvgIpc) is 2.71. The third-order valence-corrected chi connectivity index (χ3v) is 5.39. The highest BCUT2D eigenvalue weighted by Crippen LogP contribution is 2.27. The summed E-state index contributed by atoms with van der Waals surface area (Å²) in [6.07, 6.45) is 0.367. The molecule has 1 aromatic heterocycles. The fourth-order valence-electron chi connectivity index (χ4n) is 3.12. The first-order valence-corrected chi connectivity index (χ1v) is 8.82. The average molecular weight is 325 g/mol. The second kappa shape index (κ2) is 7.51. The third kappa shape index (κ3) is 4.26. The molecule has 2 heterocycles. The van der Waals surface area contributed by atoms with Gasteiger partial charge in [-0.15, -0.1) is 0 Å². The molecule has 124 valence electrons. The number of hydrogen-bond donors (Lipinski definition) is 0. The van der Waals surface area contributed by atoms with E-state index in [-0.39, 0.29) is 5.97 Å². The van der Waals surface area contributed by atoms with Crippen LogP contribution in [0.3, 0.4) is 0 Å². The van der Waals surface area contributed by atoms with E-state index in [0.29, 0.717) is 23.5 Å². The summed E-state index contributed by atoms with van der Waals surface area (Å²) >= 11 is 2.07. The molecule has 0 amide bonds. The summed E-state index contributed by atoms with van der Waals surface area (Å²) in [7, 11) is 1.42. The van der Waals surface area contributed by atoms with Gasteiger partial charge in [0.25, 0.3) is 0 Å². The van der Waals surface area contributed by atoms with Crippen molar-refractivity contribution in [2.24, 2.45) is 0 Å². The molecular weight excluding hydrogens is 298 g/mol. The van der Waals surface area contributed by atoms with Gasteiger partial charge in [-0.1, -0.05) is 13.8 Å². The Kier molecular flexibility index (Phi) is 5.92. The molecular formula is C16H27N3O2S. The van der Waals surface area contributed by atoms with E-state index in [1.807, 2.05) is 4.68 Å². The van der Waals surface area contributed by atoms with Crippen LogP contribution in [0.1, 0.15) is 37.2 Å². The molecule has 5 nitrogen and oxygen atoms in total. The third-order valence-electron chi connectivity index (χ3n) is 4.16. The molecule has 0 radical (unpaired) electrons. The number of aromatic nitrogens is 2. The van der Waals surface area contributed by atoms with E-state index in [1.54, 1.807) is 0 Å². The highest BCUT2D eigenvalue weighted by molar-refractivity contribution is 8.00. The van der Waals surface area contributed by atoms with Crippen molar-refractivity contribution >= 4 is 17.7 Å². The summed E-state index contributed by atoms with van der Waals surface area (Å²) < 4.78 is 6.64. The first-order valence-electron chi connectivity index (χ1n) is 7.88. The second-order valence-electron chi connectivity index (χ2n) is 6.15. The molecule has 0 saturated carbocycles. The maximum atomic E-state index is 11.3. The Bertz CT molecular complexity index is 520. The normalized spacial score (nSPS) is 22.8. The minimum atomic E-state index is -0.190. The molecule has 22 heavy (non-hydrogen) atoms. The Balaban J connectivity index is 2.05. The van der Waals surface area contributed by atoms with Gasteiger partial charge < -0.3 is 4.74 Å². The standard InChI is InChI=1S/C16H27N3O2S/c1-11-8-18(9-12(2)22-11)10-15-13(3)17-19(14(15)4)7-6-16(20)21-5/h11-12H,6-10H2,1-5H3/t11-,12-/m1/s1. The summed E-state index contributed by atoms with van der Waals surface area (Å²) in [4.78, 5) is 13.8. The highest BCUT2D eigenvalue weighted by Gasteiger charge is 2.24. The van der Waals surface area contributed by atoms with Gasteiger partial charge in [0.2, 0.25) is 0 Å². The molecule has 1 saturated heterocycles. The fourth-order valence-corrected chi connectivity index (χ4v) is 4.50. The molecule has 0 N–H and O–H groups in total. The van der Waals surface area contributed by atoms with Crippen LogP contribution in [0.15, 0.2) is 0 Å². The number of aryl methyl sites for hydroxylation is 2. The predicted octanol–water partition coefficient (Wildman–Crippen LogP) is 2.39. The molecule has 2 atom stereocenters. The van der Waals surface area contributed by atoms with Gasteiger partial charge in [-0.25, -0.2) is 0 Å². The van der Waals surface area contributed by atoms with E-state index in [4.69, 9.17) is 4.74 Å². The Morgan fingerprint density at radius 3 is 2.55 bits per heavy atom. The fraction of sp³-hybridized carbons (Fsp3) is 0.750. The molecule has 0 spiro atoms. The van der Waals surface area contributed by atoms with Gasteiger partial charge in [-0.2, -0.15) is 16.9 Å². The topological polar surface area (TPSA) is 47.4 Å². The zero-order valence-corrected chi connectivity index (χ0v) is 15.1. The van der Waals surface area contributed by atoms with Crippen LogP contribution >= 0.6 is 11.8 Å². The van der Waals surface area contributed by atoms with Crippen LogP contribution in [0.2, 0.25) is 0 Å². The maximum Gasteiger partial charge on any atom is 0.307 e. The van der Waals surface area contributed by atoms with Gasteiger partial charge in [0.05, 0.1) is 25.8 Å². The minimum Gasteiger partial charge on any atom is -0.469 e. The van der Waals surface area contributed by atoms with Crippen LogP contribution in [0.4, 0.5) is 0 Å². The van der Waals surface area contributed by atoms with Crippen LogP contribution in [0, 0.1) is 13.8 Å².